The molecule has 0 unspecified atom stereocenters. The van der Waals surface area contributed by atoms with E-state index in [0.717, 1.165) is 56.8 Å². The number of benzene rings is 3. The van der Waals surface area contributed by atoms with Crippen LogP contribution in [0.15, 0.2) is 65.3 Å². The zero-order chi connectivity index (χ0) is 21.7. The predicted molar refractivity (Wildman–Crippen MR) is 124 cm³/mol. The normalized spacial score (nSPS) is 13.2. The molecule has 0 aliphatic carbocycles. The number of hydrogen-bond donors (Lipinski definition) is 0. The molecule has 168 valence electrons. The molecule has 3 aromatic carbocycles. The second kappa shape index (κ2) is 8.88. The molecule has 0 N–H and O–H groups in total. The molecule has 0 saturated heterocycles. The van der Waals surface area contributed by atoms with E-state index >= 15 is 0 Å². The SMILES string of the molecule is COc1ccc2cc3[n+](cc2c1OCc1ccccc1Br)CCc1cc2c(cc1-3)OCO2.[Br-]. The van der Waals surface area contributed by atoms with Crippen LogP contribution >= 0.6 is 15.9 Å². The second-order valence-electron chi connectivity index (χ2n) is 7.94. The minimum Gasteiger partial charge on any atom is -1.00 e. The van der Waals surface area contributed by atoms with Gasteiger partial charge in [0.05, 0.1) is 18.1 Å². The summed E-state index contributed by atoms with van der Waals surface area (Å²) in [4.78, 5) is 0. The fourth-order valence-corrected chi connectivity index (χ4v) is 4.87. The Hall–Kier alpha value is -2.77. The van der Waals surface area contributed by atoms with Gasteiger partial charge in [-0.15, -0.1) is 0 Å². The Balaban J connectivity index is 0.00000228. The van der Waals surface area contributed by atoms with Gasteiger partial charge in [0.1, 0.15) is 6.61 Å². The molecule has 1 aromatic heterocycles. The molecule has 6 rings (SSSR count). The highest BCUT2D eigenvalue weighted by atomic mass is 79.9. The van der Waals surface area contributed by atoms with E-state index in [0.29, 0.717) is 6.61 Å². The van der Waals surface area contributed by atoms with Crippen LogP contribution in [0.1, 0.15) is 11.1 Å². The molecule has 3 heterocycles. The number of fused-ring (bicyclic) bond motifs is 5. The van der Waals surface area contributed by atoms with Crippen LogP contribution in [-0.2, 0) is 19.6 Å². The molecule has 7 heteroatoms. The van der Waals surface area contributed by atoms with Gasteiger partial charge in [-0.2, -0.15) is 4.57 Å². The molecular formula is C26H21Br2NO4. The highest BCUT2D eigenvalue weighted by molar-refractivity contribution is 9.10. The summed E-state index contributed by atoms with van der Waals surface area (Å²) < 4.78 is 26.5. The Morgan fingerprint density at radius 2 is 1.85 bits per heavy atom. The summed E-state index contributed by atoms with van der Waals surface area (Å²) in [6, 6.07) is 18.6. The molecular weight excluding hydrogens is 550 g/mol. The lowest BCUT2D eigenvalue weighted by molar-refractivity contribution is -0.686. The number of hydrogen-bond acceptors (Lipinski definition) is 4. The van der Waals surface area contributed by atoms with Crippen molar-refractivity contribution in [1.29, 1.82) is 0 Å². The summed E-state index contributed by atoms with van der Waals surface area (Å²) in [5, 5.41) is 2.13. The van der Waals surface area contributed by atoms with Crippen LogP contribution < -0.4 is 40.5 Å². The third-order valence-electron chi connectivity index (χ3n) is 6.13. The number of aromatic nitrogens is 1. The van der Waals surface area contributed by atoms with E-state index in [9.17, 15) is 0 Å². The Bertz CT molecular complexity index is 1370. The van der Waals surface area contributed by atoms with Gasteiger partial charge in [0.25, 0.3) is 0 Å². The lowest BCUT2D eigenvalue weighted by atomic mass is 9.95. The van der Waals surface area contributed by atoms with Gasteiger partial charge in [0, 0.05) is 22.5 Å². The number of pyridine rings is 1. The minimum absolute atomic E-state index is 0. The standard InChI is InChI=1S/C26H21BrNO4.BrH/c1-29-23-7-6-16-10-22-19-12-25-24(31-15-32-25)11-17(19)8-9-28(22)13-20(16)26(23)30-14-18-4-2-3-5-21(18)27;/h2-7,10-13H,8-9,14-15H2,1H3;1H/q+1;/p-1. The summed E-state index contributed by atoms with van der Waals surface area (Å²) >= 11 is 3.61. The summed E-state index contributed by atoms with van der Waals surface area (Å²) in [7, 11) is 1.68. The first-order valence-corrected chi connectivity index (χ1v) is 11.3. The van der Waals surface area contributed by atoms with E-state index in [1.807, 2.05) is 24.3 Å². The lowest BCUT2D eigenvalue weighted by Crippen LogP contribution is -3.00. The maximum absolute atomic E-state index is 6.32. The first kappa shape index (κ1) is 22.0. The minimum atomic E-state index is 0. The number of ether oxygens (including phenoxy) is 4. The van der Waals surface area contributed by atoms with Gasteiger partial charge in [-0.1, -0.05) is 34.1 Å². The second-order valence-corrected chi connectivity index (χ2v) is 8.80. The number of aryl methyl sites for hydroxylation is 2. The monoisotopic (exact) mass is 569 g/mol. The van der Waals surface area contributed by atoms with Crippen LogP contribution in [-0.4, -0.2) is 13.9 Å². The van der Waals surface area contributed by atoms with E-state index in [-0.39, 0.29) is 23.8 Å². The van der Waals surface area contributed by atoms with E-state index in [1.165, 1.54) is 16.8 Å². The molecule has 0 saturated carbocycles. The van der Waals surface area contributed by atoms with Gasteiger partial charge >= 0.3 is 0 Å². The van der Waals surface area contributed by atoms with E-state index in [2.05, 4.69) is 57.0 Å². The Morgan fingerprint density at radius 3 is 2.67 bits per heavy atom. The molecule has 2 aliphatic heterocycles. The summed E-state index contributed by atoms with van der Waals surface area (Å²) in [6.45, 7) is 1.62. The average molecular weight is 571 g/mol. The zero-order valence-electron chi connectivity index (χ0n) is 17.9. The smallest absolute Gasteiger partial charge is 0.231 e. The summed E-state index contributed by atoms with van der Waals surface area (Å²) in [6.07, 6.45) is 3.11. The molecule has 0 atom stereocenters. The van der Waals surface area contributed by atoms with Crippen molar-refractivity contribution in [3.05, 3.63) is 76.4 Å². The van der Waals surface area contributed by atoms with Crippen LogP contribution in [0.25, 0.3) is 22.0 Å². The van der Waals surface area contributed by atoms with Gasteiger partial charge in [-0.3, -0.25) is 0 Å². The van der Waals surface area contributed by atoms with Gasteiger partial charge in [-0.05, 0) is 41.3 Å². The van der Waals surface area contributed by atoms with Gasteiger partial charge in [0.15, 0.2) is 35.7 Å². The first-order chi connectivity index (χ1) is 15.7. The van der Waals surface area contributed by atoms with Crippen molar-refractivity contribution in [2.75, 3.05) is 13.9 Å². The lowest BCUT2D eigenvalue weighted by Gasteiger charge is -2.18. The maximum Gasteiger partial charge on any atom is 0.231 e. The topological polar surface area (TPSA) is 40.8 Å². The van der Waals surface area contributed by atoms with Crippen molar-refractivity contribution in [3.8, 4) is 34.3 Å². The number of halogens is 2. The fraction of sp³-hybridized carbons (Fsp3) is 0.192. The maximum atomic E-state index is 6.32. The third kappa shape index (κ3) is 3.83. The number of nitrogens with zero attached hydrogens (tertiary/aromatic N) is 1. The average Bonchev–Trinajstić information content (AvgIpc) is 3.28. The van der Waals surface area contributed by atoms with Gasteiger partial charge < -0.3 is 35.9 Å². The van der Waals surface area contributed by atoms with Crippen LogP contribution in [0.3, 0.4) is 0 Å². The molecule has 5 nitrogen and oxygen atoms in total. The quantitative estimate of drug-likeness (QED) is 0.354. The molecule has 0 radical (unpaired) electrons. The van der Waals surface area contributed by atoms with Crippen molar-refractivity contribution < 1.29 is 40.5 Å². The molecule has 0 spiro atoms. The largest absolute Gasteiger partial charge is 1.00 e. The molecule has 0 bridgehead atoms. The van der Waals surface area contributed by atoms with E-state index in [1.54, 1.807) is 7.11 Å². The van der Waals surface area contributed by atoms with Crippen LogP contribution in [0.4, 0.5) is 0 Å². The Kier molecular flexibility index (Phi) is 5.93. The van der Waals surface area contributed by atoms with Crippen molar-refractivity contribution in [3.63, 3.8) is 0 Å². The van der Waals surface area contributed by atoms with Crippen molar-refractivity contribution in [2.45, 2.75) is 19.6 Å². The number of rotatable bonds is 4. The van der Waals surface area contributed by atoms with E-state index < -0.39 is 0 Å². The summed E-state index contributed by atoms with van der Waals surface area (Å²) in [5.41, 5.74) is 4.72. The first-order valence-electron chi connectivity index (χ1n) is 10.5. The molecule has 4 aromatic rings. The molecule has 0 amide bonds. The Labute approximate surface area is 210 Å². The van der Waals surface area contributed by atoms with Gasteiger partial charge in [0.2, 0.25) is 12.5 Å². The van der Waals surface area contributed by atoms with Gasteiger partial charge in [-0.25, -0.2) is 0 Å². The van der Waals surface area contributed by atoms with E-state index in [4.69, 9.17) is 18.9 Å². The molecule has 2 aliphatic rings. The number of methoxy groups -OCH3 is 1. The van der Waals surface area contributed by atoms with Crippen LogP contribution in [0, 0.1) is 0 Å². The van der Waals surface area contributed by atoms with Crippen molar-refractivity contribution >= 4 is 26.7 Å². The third-order valence-corrected chi connectivity index (χ3v) is 6.90. The highest BCUT2D eigenvalue weighted by Crippen LogP contribution is 2.42. The Morgan fingerprint density at radius 1 is 1.03 bits per heavy atom. The predicted octanol–water partition coefficient (Wildman–Crippen LogP) is 2.43. The van der Waals surface area contributed by atoms with Crippen molar-refractivity contribution in [1.82, 2.24) is 0 Å². The zero-order valence-corrected chi connectivity index (χ0v) is 21.1. The molecule has 33 heavy (non-hydrogen) atoms. The highest BCUT2D eigenvalue weighted by Gasteiger charge is 2.28. The van der Waals surface area contributed by atoms with Crippen LogP contribution in [0.2, 0.25) is 0 Å². The fourth-order valence-electron chi connectivity index (χ4n) is 4.47. The summed E-state index contributed by atoms with van der Waals surface area (Å²) in [5.74, 6) is 3.13. The molecule has 0 fully saturated rings. The van der Waals surface area contributed by atoms with Crippen LogP contribution in [0.5, 0.6) is 23.0 Å². The van der Waals surface area contributed by atoms with Crippen molar-refractivity contribution in [2.24, 2.45) is 0 Å².